The van der Waals surface area contributed by atoms with E-state index in [4.69, 9.17) is 22.3 Å². The first kappa shape index (κ1) is 24.4. The van der Waals surface area contributed by atoms with Gasteiger partial charge in [-0.05, 0) is 69.2 Å². The first-order chi connectivity index (χ1) is 17.4. The van der Waals surface area contributed by atoms with Crippen molar-refractivity contribution in [3.8, 4) is 22.4 Å². The fraction of sp³-hybridized carbons (Fsp3) is 0.357. The Morgan fingerprint density at radius 1 is 1.11 bits per heavy atom. The average molecular weight is 503 g/mol. The van der Waals surface area contributed by atoms with E-state index < -0.39 is 0 Å². The summed E-state index contributed by atoms with van der Waals surface area (Å²) in [4.78, 5) is 27.6. The first-order valence-corrected chi connectivity index (χ1v) is 12.9. The number of aromatic nitrogens is 4. The van der Waals surface area contributed by atoms with Crippen LogP contribution < -0.4 is 16.6 Å². The lowest BCUT2D eigenvalue weighted by Gasteiger charge is -2.27. The van der Waals surface area contributed by atoms with Crippen LogP contribution in [0.15, 0.2) is 53.6 Å². The highest BCUT2D eigenvalue weighted by molar-refractivity contribution is 6.33. The van der Waals surface area contributed by atoms with Gasteiger partial charge in [0.1, 0.15) is 5.65 Å². The third-order valence-electron chi connectivity index (χ3n) is 7.04. The Morgan fingerprint density at radius 2 is 1.92 bits per heavy atom. The Balaban J connectivity index is 1.62. The zero-order chi connectivity index (χ0) is 25.2. The summed E-state index contributed by atoms with van der Waals surface area (Å²) in [6.45, 7) is 5.31. The Kier molecular flexibility index (Phi) is 7.03. The van der Waals surface area contributed by atoms with Gasteiger partial charge in [-0.3, -0.25) is 14.3 Å². The van der Waals surface area contributed by atoms with Crippen LogP contribution in [0.2, 0.25) is 5.02 Å². The second kappa shape index (κ2) is 10.4. The number of nitrogens with two attached hydrogens (primary N) is 1. The lowest BCUT2D eigenvalue weighted by molar-refractivity contribution is 0.295. The minimum atomic E-state index is -0.0952. The van der Waals surface area contributed by atoms with Crippen LogP contribution in [0.25, 0.3) is 33.4 Å². The summed E-state index contributed by atoms with van der Waals surface area (Å²) >= 11 is 6.78. The Bertz CT molecular complexity index is 1460. The van der Waals surface area contributed by atoms with Gasteiger partial charge < -0.3 is 11.1 Å². The van der Waals surface area contributed by atoms with Crippen LogP contribution in [0.5, 0.6) is 0 Å². The number of fused-ring (bicyclic) bond motifs is 1. The molecule has 3 heterocycles. The van der Waals surface area contributed by atoms with Crippen molar-refractivity contribution in [3.05, 3.63) is 69.7 Å². The van der Waals surface area contributed by atoms with E-state index in [0.717, 1.165) is 47.9 Å². The second-order valence-electron chi connectivity index (χ2n) is 9.62. The van der Waals surface area contributed by atoms with Crippen LogP contribution in [0.4, 0.5) is 5.95 Å². The molecule has 1 aliphatic rings. The van der Waals surface area contributed by atoms with Crippen LogP contribution in [-0.2, 0) is 6.54 Å². The van der Waals surface area contributed by atoms with E-state index in [1.807, 2.05) is 54.8 Å². The highest BCUT2D eigenvalue weighted by atomic mass is 35.5. The van der Waals surface area contributed by atoms with Crippen LogP contribution in [0.3, 0.4) is 0 Å². The quantitative estimate of drug-likeness (QED) is 0.364. The number of rotatable bonds is 6. The topological polar surface area (TPSA) is 98.7 Å². The summed E-state index contributed by atoms with van der Waals surface area (Å²) in [5.41, 5.74) is 10.8. The lowest BCUT2D eigenvalue weighted by atomic mass is 9.86. The maximum atomic E-state index is 13.9. The number of aryl methyl sites for hydroxylation is 1. The lowest BCUT2D eigenvalue weighted by Crippen LogP contribution is -2.31. The highest BCUT2D eigenvalue weighted by Crippen LogP contribution is 2.33. The number of hydrogen-bond donors (Lipinski definition) is 2. The Labute approximate surface area is 215 Å². The first-order valence-electron chi connectivity index (χ1n) is 12.6. The van der Waals surface area contributed by atoms with Crippen molar-refractivity contribution in [1.29, 1.82) is 0 Å². The molecule has 0 aliphatic heterocycles. The van der Waals surface area contributed by atoms with Crippen LogP contribution in [0, 0.1) is 12.8 Å². The predicted octanol–water partition coefficient (Wildman–Crippen LogP) is 5.43. The van der Waals surface area contributed by atoms with Gasteiger partial charge in [0.15, 0.2) is 0 Å². The van der Waals surface area contributed by atoms with Gasteiger partial charge in [0.05, 0.1) is 5.69 Å². The van der Waals surface area contributed by atoms with Crippen molar-refractivity contribution in [3.63, 3.8) is 0 Å². The third-order valence-corrected chi connectivity index (χ3v) is 7.35. The molecule has 7 nitrogen and oxygen atoms in total. The summed E-state index contributed by atoms with van der Waals surface area (Å²) in [6.07, 6.45) is 7.51. The van der Waals surface area contributed by atoms with E-state index in [-0.39, 0.29) is 11.6 Å². The molecule has 3 aromatic heterocycles. The van der Waals surface area contributed by atoms with Crippen LogP contribution in [0.1, 0.15) is 38.2 Å². The SMILES string of the molecule is CCNc1ncc2cc(-c3ccc(-c4ncccc4C)cc3Cl)c(=O)n(CC3CCC(N)CC3)c2n1. The largest absolute Gasteiger partial charge is 0.354 e. The molecule has 0 atom stereocenters. The molecule has 0 spiro atoms. The smallest absolute Gasteiger partial charge is 0.260 e. The number of anilines is 1. The summed E-state index contributed by atoms with van der Waals surface area (Å²) in [5, 5.41) is 4.47. The molecule has 186 valence electrons. The minimum Gasteiger partial charge on any atom is -0.354 e. The van der Waals surface area contributed by atoms with Crippen molar-refractivity contribution in [2.24, 2.45) is 11.7 Å². The van der Waals surface area contributed by atoms with Gasteiger partial charge in [0.2, 0.25) is 5.95 Å². The maximum absolute atomic E-state index is 13.9. The molecule has 5 rings (SSSR count). The van der Waals surface area contributed by atoms with E-state index in [2.05, 4.69) is 15.3 Å². The molecular weight excluding hydrogens is 472 g/mol. The van der Waals surface area contributed by atoms with Crippen molar-refractivity contribution in [1.82, 2.24) is 19.5 Å². The zero-order valence-electron chi connectivity index (χ0n) is 20.7. The standard InChI is InChI=1S/C28H31ClN6O/c1-3-31-28-33-15-20-13-23(22-11-8-19(14-24(22)29)25-17(2)5-4-12-32-25)27(36)35(26(20)34-28)16-18-6-9-21(30)10-7-18/h4-5,8,11-15,18,21H,3,6-7,9-10,16,30H2,1-2H3,(H,31,33,34). The van der Waals surface area contributed by atoms with E-state index >= 15 is 0 Å². The number of nitrogens with zero attached hydrogens (tertiary/aromatic N) is 4. The molecular formula is C28H31ClN6O. The maximum Gasteiger partial charge on any atom is 0.260 e. The highest BCUT2D eigenvalue weighted by Gasteiger charge is 2.22. The van der Waals surface area contributed by atoms with E-state index in [9.17, 15) is 4.79 Å². The summed E-state index contributed by atoms with van der Waals surface area (Å²) in [7, 11) is 0. The van der Waals surface area contributed by atoms with Gasteiger partial charge in [-0.1, -0.05) is 29.8 Å². The summed E-state index contributed by atoms with van der Waals surface area (Å²) in [5.74, 6) is 0.896. The van der Waals surface area contributed by atoms with Crippen molar-refractivity contribution in [2.75, 3.05) is 11.9 Å². The van der Waals surface area contributed by atoms with Gasteiger partial charge in [-0.25, -0.2) is 4.98 Å². The minimum absolute atomic E-state index is 0.0952. The molecule has 8 heteroatoms. The molecule has 0 unspecified atom stereocenters. The van der Waals surface area contributed by atoms with Gasteiger partial charge in [-0.2, -0.15) is 4.98 Å². The van der Waals surface area contributed by atoms with E-state index in [0.29, 0.717) is 46.8 Å². The normalized spacial score (nSPS) is 17.9. The molecule has 0 amide bonds. The van der Waals surface area contributed by atoms with Crippen molar-refractivity contribution < 1.29 is 0 Å². The van der Waals surface area contributed by atoms with Gasteiger partial charge in [-0.15, -0.1) is 0 Å². The van der Waals surface area contributed by atoms with Gasteiger partial charge >= 0.3 is 0 Å². The monoisotopic (exact) mass is 502 g/mol. The number of benzene rings is 1. The predicted molar refractivity (Wildman–Crippen MR) is 146 cm³/mol. The molecule has 1 aliphatic carbocycles. The number of pyridine rings is 2. The summed E-state index contributed by atoms with van der Waals surface area (Å²) in [6, 6.07) is 11.8. The summed E-state index contributed by atoms with van der Waals surface area (Å²) < 4.78 is 1.81. The Hall–Kier alpha value is -3.29. The number of halogens is 1. The zero-order valence-corrected chi connectivity index (χ0v) is 21.4. The fourth-order valence-electron chi connectivity index (χ4n) is 5.06. The Morgan fingerprint density at radius 3 is 2.64 bits per heavy atom. The second-order valence-corrected chi connectivity index (χ2v) is 10.0. The van der Waals surface area contributed by atoms with Gasteiger partial charge in [0.25, 0.3) is 5.56 Å². The number of hydrogen-bond acceptors (Lipinski definition) is 6. The van der Waals surface area contributed by atoms with Gasteiger partial charge in [0, 0.05) is 58.6 Å². The van der Waals surface area contributed by atoms with E-state index in [1.165, 1.54) is 0 Å². The molecule has 4 aromatic rings. The molecule has 0 bridgehead atoms. The molecule has 0 saturated heterocycles. The fourth-order valence-corrected chi connectivity index (χ4v) is 5.34. The van der Waals surface area contributed by atoms with E-state index in [1.54, 1.807) is 12.4 Å². The molecule has 1 saturated carbocycles. The number of nitrogens with one attached hydrogen (secondary N) is 1. The average Bonchev–Trinajstić information content (AvgIpc) is 2.87. The third kappa shape index (κ3) is 4.86. The molecule has 1 aromatic carbocycles. The molecule has 1 fully saturated rings. The molecule has 36 heavy (non-hydrogen) atoms. The molecule has 0 radical (unpaired) electrons. The van der Waals surface area contributed by atoms with Crippen LogP contribution in [-0.4, -0.2) is 32.1 Å². The van der Waals surface area contributed by atoms with Crippen LogP contribution >= 0.6 is 11.6 Å². The van der Waals surface area contributed by atoms with Crippen molar-refractivity contribution in [2.45, 2.75) is 52.1 Å². The van der Waals surface area contributed by atoms with Crippen molar-refractivity contribution >= 4 is 28.6 Å². The molecule has 3 N–H and O–H groups in total.